The van der Waals surface area contributed by atoms with Crippen LogP contribution in [0.25, 0.3) is 20.3 Å². The Balaban J connectivity index is 1.65. The monoisotopic (exact) mass is 469 g/mol. The van der Waals surface area contributed by atoms with Gasteiger partial charge in [-0.15, -0.1) is 11.3 Å². The fourth-order valence-corrected chi connectivity index (χ4v) is 5.49. The largest absolute Gasteiger partial charge is 0.332 e. The first-order valence-electron chi connectivity index (χ1n) is 11.0. The first-order valence-corrected chi connectivity index (χ1v) is 11.8. The van der Waals surface area contributed by atoms with Gasteiger partial charge >= 0.3 is 5.69 Å². The van der Waals surface area contributed by atoms with Gasteiger partial charge in [-0.1, -0.05) is 54.6 Å². The van der Waals surface area contributed by atoms with Crippen LogP contribution < -0.4 is 16.6 Å². The summed E-state index contributed by atoms with van der Waals surface area (Å²) >= 11 is 1.35. The van der Waals surface area contributed by atoms with Gasteiger partial charge in [-0.3, -0.25) is 18.7 Å². The van der Waals surface area contributed by atoms with E-state index in [0.29, 0.717) is 15.9 Å². The predicted octanol–water partition coefficient (Wildman–Crippen LogP) is 4.68. The Labute approximate surface area is 199 Å². The molecule has 0 bridgehead atoms. The van der Waals surface area contributed by atoms with Crippen LogP contribution in [0.2, 0.25) is 0 Å². The molecule has 0 fully saturated rings. The molecule has 0 saturated heterocycles. The first kappa shape index (κ1) is 21.9. The normalized spacial score (nSPS) is 11.2. The van der Waals surface area contributed by atoms with Gasteiger partial charge in [-0.05, 0) is 48.7 Å². The van der Waals surface area contributed by atoms with Gasteiger partial charge in [0.2, 0.25) is 5.91 Å². The second-order valence-corrected chi connectivity index (χ2v) is 9.50. The molecule has 5 rings (SSSR count). The summed E-state index contributed by atoms with van der Waals surface area (Å²) in [6, 6.07) is 22.7. The second-order valence-electron chi connectivity index (χ2n) is 8.45. The summed E-state index contributed by atoms with van der Waals surface area (Å²) in [7, 11) is 0. The fourth-order valence-electron chi connectivity index (χ4n) is 4.34. The summed E-state index contributed by atoms with van der Waals surface area (Å²) < 4.78 is 4.01. The number of rotatable bonds is 5. The molecule has 7 heteroatoms. The highest BCUT2D eigenvalue weighted by Crippen LogP contribution is 2.31. The molecule has 0 saturated carbocycles. The molecule has 3 aromatic carbocycles. The van der Waals surface area contributed by atoms with Gasteiger partial charge < -0.3 is 5.32 Å². The van der Waals surface area contributed by atoms with Crippen LogP contribution in [0, 0.1) is 13.8 Å². The van der Waals surface area contributed by atoms with Crippen molar-refractivity contribution >= 4 is 43.2 Å². The van der Waals surface area contributed by atoms with E-state index >= 15 is 0 Å². The standard InChI is InChI=1S/C27H23N3O3S/c1-17-12-18(2)14-20(13-17)28-23(31)16-29-24-21-10-6-7-11-22(21)34-25(24)26(32)30(27(29)33)15-19-8-4-3-5-9-19/h3-14H,15-16H2,1-2H3,(H,28,31). The minimum absolute atomic E-state index is 0.140. The maximum Gasteiger partial charge on any atom is 0.332 e. The first-order chi connectivity index (χ1) is 16.4. The van der Waals surface area contributed by atoms with Crippen LogP contribution in [-0.2, 0) is 17.9 Å². The van der Waals surface area contributed by atoms with E-state index in [9.17, 15) is 14.4 Å². The number of carbonyl (C=O) groups is 1. The van der Waals surface area contributed by atoms with Crippen LogP contribution in [0.4, 0.5) is 5.69 Å². The Morgan fingerprint density at radius 3 is 2.29 bits per heavy atom. The number of carbonyl (C=O) groups excluding carboxylic acids is 1. The van der Waals surface area contributed by atoms with Crippen molar-refractivity contribution in [1.82, 2.24) is 9.13 Å². The summed E-state index contributed by atoms with van der Waals surface area (Å²) in [6.07, 6.45) is 0. The average molecular weight is 470 g/mol. The molecule has 0 atom stereocenters. The van der Waals surface area contributed by atoms with Crippen molar-refractivity contribution in [2.24, 2.45) is 0 Å². The predicted molar refractivity (Wildman–Crippen MR) is 138 cm³/mol. The van der Waals surface area contributed by atoms with E-state index in [-0.39, 0.29) is 24.6 Å². The number of anilines is 1. The summed E-state index contributed by atoms with van der Waals surface area (Å²) in [6.45, 7) is 3.88. The highest BCUT2D eigenvalue weighted by molar-refractivity contribution is 7.25. The number of thiophene rings is 1. The number of benzene rings is 3. The highest BCUT2D eigenvalue weighted by atomic mass is 32.1. The number of amides is 1. The lowest BCUT2D eigenvalue weighted by molar-refractivity contribution is -0.116. The lowest BCUT2D eigenvalue weighted by atomic mass is 10.1. The lowest BCUT2D eigenvalue weighted by Crippen LogP contribution is -2.41. The average Bonchev–Trinajstić information content (AvgIpc) is 3.19. The van der Waals surface area contributed by atoms with Gasteiger partial charge in [-0.25, -0.2) is 4.79 Å². The molecule has 6 nitrogen and oxygen atoms in total. The number of aromatic nitrogens is 2. The van der Waals surface area contributed by atoms with Gasteiger partial charge in [0.1, 0.15) is 11.2 Å². The summed E-state index contributed by atoms with van der Waals surface area (Å²) in [5.41, 5.74) is 3.27. The quantitative estimate of drug-likeness (QED) is 0.406. The molecule has 0 aliphatic carbocycles. The number of nitrogens with zero attached hydrogens (tertiary/aromatic N) is 2. The van der Waals surface area contributed by atoms with E-state index < -0.39 is 5.69 Å². The Morgan fingerprint density at radius 2 is 1.56 bits per heavy atom. The van der Waals surface area contributed by atoms with Crippen molar-refractivity contribution in [1.29, 1.82) is 0 Å². The zero-order valence-electron chi connectivity index (χ0n) is 18.9. The van der Waals surface area contributed by atoms with Gasteiger partial charge in [0, 0.05) is 15.8 Å². The van der Waals surface area contributed by atoms with Crippen LogP contribution in [0.5, 0.6) is 0 Å². The van der Waals surface area contributed by atoms with Gasteiger partial charge in [0.05, 0.1) is 12.1 Å². The molecule has 0 radical (unpaired) electrons. The number of hydrogen-bond acceptors (Lipinski definition) is 4. The SMILES string of the molecule is Cc1cc(C)cc(NC(=O)Cn2c(=O)n(Cc3ccccc3)c(=O)c3sc4ccccc4c32)c1. The van der Waals surface area contributed by atoms with E-state index in [4.69, 9.17) is 0 Å². The van der Waals surface area contributed by atoms with Crippen molar-refractivity contribution in [3.63, 3.8) is 0 Å². The molecule has 0 spiro atoms. The van der Waals surface area contributed by atoms with E-state index in [1.165, 1.54) is 20.5 Å². The zero-order valence-corrected chi connectivity index (χ0v) is 19.7. The number of nitrogens with one attached hydrogen (secondary N) is 1. The molecule has 170 valence electrons. The van der Waals surface area contributed by atoms with E-state index in [1.807, 2.05) is 86.6 Å². The molecular weight excluding hydrogens is 446 g/mol. The topological polar surface area (TPSA) is 73.1 Å². The Kier molecular flexibility index (Phi) is 5.63. The Bertz CT molecular complexity index is 1640. The summed E-state index contributed by atoms with van der Waals surface area (Å²) in [5, 5.41) is 3.70. The highest BCUT2D eigenvalue weighted by Gasteiger charge is 2.20. The fraction of sp³-hybridized carbons (Fsp3) is 0.148. The Hall–Kier alpha value is -3.97. The van der Waals surface area contributed by atoms with Gasteiger partial charge in [-0.2, -0.15) is 0 Å². The van der Waals surface area contributed by atoms with Crippen molar-refractivity contribution < 1.29 is 4.79 Å². The van der Waals surface area contributed by atoms with Crippen LogP contribution in [0.15, 0.2) is 82.4 Å². The molecule has 0 aliphatic heterocycles. The second kappa shape index (κ2) is 8.76. The minimum Gasteiger partial charge on any atom is -0.325 e. The van der Waals surface area contributed by atoms with Crippen molar-refractivity contribution in [3.05, 3.63) is 110 Å². The molecule has 34 heavy (non-hydrogen) atoms. The molecule has 2 aromatic heterocycles. The number of fused-ring (bicyclic) bond motifs is 3. The molecule has 1 N–H and O–H groups in total. The smallest absolute Gasteiger partial charge is 0.325 e. The molecule has 0 unspecified atom stereocenters. The zero-order chi connectivity index (χ0) is 23.8. The number of aryl methyl sites for hydroxylation is 2. The number of hydrogen-bond donors (Lipinski definition) is 1. The van der Waals surface area contributed by atoms with Crippen molar-refractivity contribution in [3.8, 4) is 0 Å². The molecule has 1 amide bonds. The lowest BCUT2D eigenvalue weighted by Gasteiger charge is -2.13. The third-order valence-electron chi connectivity index (χ3n) is 5.73. The molecule has 5 aromatic rings. The summed E-state index contributed by atoms with van der Waals surface area (Å²) in [4.78, 5) is 40.0. The Morgan fingerprint density at radius 1 is 0.882 bits per heavy atom. The molecule has 2 heterocycles. The van der Waals surface area contributed by atoms with Crippen LogP contribution >= 0.6 is 11.3 Å². The van der Waals surface area contributed by atoms with E-state index in [0.717, 1.165) is 26.8 Å². The van der Waals surface area contributed by atoms with Crippen molar-refractivity contribution in [2.75, 3.05) is 5.32 Å². The van der Waals surface area contributed by atoms with Crippen molar-refractivity contribution in [2.45, 2.75) is 26.9 Å². The maximum absolute atomic E-state index is 13.6. The van der Waals surface area contributed by atoms with Crippen LogP contribution in [-0.4, -0.2) is 15.0 Å². The molecular formula is C27H23N3O3S. The molecule has 0 aliphatic rings. The summed E-state index contributed by atoms with van der Waals surface area (Å²) in [5.74, 6) is -0.325. The third-order valence-corrected chi connectivity index (χ3v) is 6.88. The van der Waals surface area contributed by atoms with E-state index in [1.54, 1.807) is 0 Å². The van der Waals surface area contributed by atoms with E-state index in [2.05, 4.69) is 5.32 Å². The van der Waals surface area contributed by atoms with Gasteiger partial charge in [0.25, 0.3) is 5.56 Å². The third kappa shape index (κ3) is 4.06. The van der Waals surface area contributed by atoms with Crippen LogP contribution in [0.1, 0.15) is 16.7 Å². The maximum atomic E-state index is 13.6. The van der Waals surface area contributed by atoms with Crippen LogP contribution in [0.3, 0.4) is 0 Å². The van der Waals surface area contributed by atoms with Gasteiger partial charge in [0.15, 0.2) is 0 Å². The minimum atomic E-state index is -0.500.